The second kappa shape index (κ2) is 8.69. The van der Waals surface area contributed by atoms with Gasteiger partial charge in [0.05, 0.1) is 24.8 Å². The molecule has 4 nitrogen and oxygen atoms in total. The third-order valence-corrected chi connectivity index (χ3v) is 4.09. The summed E-state index contributed by atoms with van der Waals surface area (Å²) in [5, 5.41) is 3.19. The number of amides is 1. The molecule has 0 radical (unpaired) electrons. The van der Waals surface area contributed by atoms with Gasteiger partial charge in [-0.3, -0.25) is 4.79 Å². The number of ether oxygens (including phenoxy) is 1. The highest BCUT2D eigenvalue weighted by atomic mass is 35.5. The summed E-state index contributed by atoms with van der Waals surface area (Å²) in [7, 11) is 1.61. The van der Waals surface area contributed by atoms with E-state index >= 15 is 0 Å². The minimum absolute atomic E-state index is 0. The molecule has 0 bridgehead atoms. The van der Waals surface area contributed by atoms with Crippen molar-refractivity contribution >= 4 is 18.3 Å². The van der Waals surface area contributed by atoms with Crippen molar-refractivity contribution in [1.29, 1.82) is 0 Å². The monoisotopic (exact) mass is 366 g/mol. The fourth-order valence-electron chi connectivity index (χ4n) is 2.52. The lowest BCUT2D eigenvalue weighted by atomic mass is 10.0. The zero-order valence-corrected chi connectivity index (χ0v) is 14.4. The number of alkyl halides is 3. The minimum atomic E-state index is -4.39. The second-order valence-electron chi connectivity index (χ2n) is 5.73. The molecule has 0 aliphatic carbocycles. The van der Waals surface area contributed by atoms with Crippen molar-refractivity contribution < 1.29 is 22.7 Å². The molecule has 1 aromatic rings. The molecule has 1 aromatic carbocycles. The summed E-state index contributed by atoms with van der Waals surface area (Å²) >= 11 is 0. The van der Waals surface area contributed by atoms with Crippen LogP contribution in [0.1, 0.15) is 30.5 Å². The number of morpholine rings is 1. The van der Waals surface area contributed by atoms with Crippen molar-refractivity contribution in [3.63, 3.8) is 0 Å². The van der Waals surface area contributed by atoms with Gasteiger partial charge >= 0.3 is 6.18 Å². The fraction of sp³-hybridized carbons (Fsp3) is 0.562. The highest BCUT2D eigenvalue weighted by Crippen LogP contribution is 2.31. The van der Waals surface area contributed by atoms with Crippen LogP contribution in [0, 0.1) is 0 Å². The molecule has 0 saturated carbocycles. The van der Waals surface area contributed by atoms with E-state index in [0.29, 0.717) is 25.3 Å². The predicted molar refractivity (Wildman–Crippen MR) is 87.1 cm³/mol. The molecule has 1 fully saturated rings. The summed E-state index contributed by atoms with van der Waals surface area (Å²) in [4.78, 5) is 13.8. The average molecular weight is 367 g/mol. The molecule has 2 unspecified atom stereocenters. The molecule has 2 rings (SSSR count). The third kappa shape index (κ3) is 5.36. The van der Waals surface area contributed by atoms with Gasteiger partial charge in [0.25, 0.3) is 0 Å². The lowest BCUT2D eigenvalue weighted by molar-refractivity contribution is -0.137. The van der Waals surface area contributed by atoms with Crippen molar-refractivity contribution in [3.8, 4) is 0 Å². The van der Waals surface area contributed by atoms with Gasteiger partial charge in [-0.2, -0.15) is 13.2 Å². The SMILES string of the molecule is CC(c1cccc(C(F)(F)F)c1)N(C)C(=O)CC1COCCN1.Cl. The first-order valence-electron chi connectivity index (χ1n) is 7.53. The molecule has 1 heterocycles. The van der Waals surface area contributed by atoms with Crippen molar-refractivity contribution in [1.82, 2.24) is 10.2 Å². The fourth-order valence-corrected chi connectivity index (χ4v) is 2.52. The van der Waals surface area contributed by atoms with Gasteiger partial charge in [0, 0.05) is 26.1 Å². The molecule has 1 aliphatic rings. The molecule has 8 heteroatoms. The van der Waals surface area contributed by atoms with Gasteiger partial charge in [0.15, 0.2) is 0 Å². The van der Waals surface area contributed by atoms with E-state index in [1.54, 1.807) is 20.0 Å². The molecule has 1 amide bonds. The Morgan fingerprint density at radius 3 is 2.75 bits per heavy atom. The number of benzene rings is 1. The summed E-state index contributed by atoms with van der Waals surface area (Å²) in [5.74, 6) is -0.127. The van der Waals surface area contributed by atoms with Crippen LogP contribution in [0.4, 0.5) is 13.2 Å². The summed E-state index contributed by atoms with van der Waals surface area (Å²) in [5.41, 5.74) is -0.242. The first kappa shape index (κ1) is 20.7. The molecule has 0 aromatic heterocycles. The van der Waals surface area contributed by atoms with Gasteiger partial charge < -0.3 is 15.0 Å². The van der Waals surface area contributed by atoms with E-state index < -0.39 is 17.8 Å². The third-order valence-electron chi connectivity index (χ3n) is 4.09. The number of hydrogen-bond donors (Lipinski definition) is 1. The van der Waals surface area contributed by atoms with Crippen LogP contribution in [-0.4, -0.2) is 43.7 Å². The van der Waals surface area contributed by atoms with E-state index in [-0.39, 0.29) is 30.8 Å². The summed E-state index contributed by atoms with van der Waals surface area (Å²) < 4.78 is 43.7. The number of nitrogens with zero attached hydrogens (tertiary/aromatic N) is 1. The first-order valence-corrected chi connectivity index (χ1v) is 7.53. The lowest BCUT2D eigenvalue weighted by Gasteiger charge is -2.29. The Bertz CT molecular complexity index is 548. The van der Waals surface area contributed by atoms with Crippen molar-refractivity contribution in [3.05, 3.63) is 35.4 Å². The summed E-state index contributed by atoms with van der Waals surface area (Å²) in [6.45, 7) is 3.52. The van der Waals surface area contributed by atoms with Gasteiger partial charge in [0.1, 0.15) is 0 Å². The van der Waals surface area contributed by atoms with Crippen LogP contribution in [0.25, 0.3) is 0 Å². The van der Waals surface area contributed by atoms with Gasteiger partial charge in [0.2, 0.25) is 5.91 Å². The van der Waals surface area contributed by atoms with Crippen LogP contribution >= 0.6 is 12.4 Å². The summed E-state index contributed by atoms with van der Waals surface area (Å²) in [6.07, 6.45) is -4.12. The molecule has 136 valence electrons. The van der Waals surface area contributed by atoms with Crippen molar-refractivity contribution in [2.24, 2.45) is 0 Å². The molecule has 1 saturated heterocycles. The van der Waals surface area contributed by atoms with Crippen LogP contribution in [0.5, 0.6) is 0 Å². The predicted octanol–water partition coefficient (Wildman–Crippen LogP) is 3.03. The largest absolute Gasteiger partial charge is 0.416 e. The van der Waals surface area contributed by atoms with Crippen LogP contribution < -0.4 is 5.32 Å². The molecule has 24 heavy (non-hydrogen) atoms. The van der Waals surface area contributed by atoms with Gasteiger partial charge in [-0.15, -0.1) is 12.4 Å². The maximum Gasteiger partial charge on any atom is 0.416 e. The summed E-state index contributed by atoms with van der Waals surface area (Å²) in [6, 6.07) is 4.61. The molecule has 0 spiro atoms. The number of rotatable bonds is 4. The Kier molecular flexibility index (Phi) is 7.51. The quantitative estimate of drug-likeness (QED) is 0.890. The normalized spacial score (nSPS) is 19.3. The smallest absolute Gasteiger partial charge is 0.378 e. The van der Waals surface area contributed by atoms with Gasteiger partial charge in [-0.1, -0.05) is 12.1 Å². The van der Waals surface area contributed by atoms with Crippen LogP contribution in [0.2, 0.25) is 0 Å². The second-order valence-corrected chi connectivity index (χ2v) is 5.73. The van der Waals surface area contributed by atoms with E-state index in [9.17, 15) is 18.0 Å². The van der Waals surface area contributed by atoms with Crippen LogP contribution in [0.15, 0.2) is 24.3 Å². The molecule has 1 N–H and O–H groups in total. The lowest BCUT2D eigenvalue weighted by Crippen LogP contribution is -2.44. The Labute approximate surface area is 145 Å². The zero-order chi connectivity index (χ0) is 17.0. The van der Waals surface area contributed by atoms with E-state index in [2.05, 4.69) is 5.32 Å². The van der Waals surface area contributed by atoms with E-state index in [4.69, 9.17) is 4.74 Å². The van der Waals surface area contributed by atoms with E-state index in [0.717, 1.165) is 12.1 Å². The Hall–Kier alpha value is -1.31. The molecule has 2 atom stereocenters. The number of hydrogen-bond acceptors (Lipinski definition) is 3. The highest BCUT2D eigenvalue weighted by molar-refractivity contribution is 5.85. The highest BCUT2D eigenvalue weighted by Gasteiger charge is 2.31. The van der Waals surface area contributed by atoms with Crippen LogP contribution in [0.3, 0.4) is 0 Å². The average Bonchev–Trinajstić information content (AvgIpc) is 2.53. The van der Waals surface area contributed by atoms with Gasteiger partial charge in [-0.05, 0) is 24.6 Å². The number of nitrogens with one attached hydrogen (secondary N) is 1. The Morgan fingerprint density at radius 2 is 2.17 bits per heavy atom. The number of carbonyl (C=O) groups is 1. The van der Waals surface area contributed by atoms with Crippen molar-refractivity contribution in [2.75, 3.05) is 26.8 Å². The van der Waals surface area contributed by atoms with Crippen LogP contribution in [-0.2, 0) is 15.7 Å². The van der Waals surface area contributed by atoms with Gasteiger partial charge in [-0.25, -0.2) is 0 Å². The number of carbonyl (C=O) groups excluding carboxylic acids is 1. The molecular formula is C16H22ClF3N2O2. The maximum absolute atomic E-state index is 12.8. The topological polar surface area (TPSA) is 41.6 Å². The van der Waals surface area contributed by atoms with Crippen molar-refractivity contribution in [2.45, 2.75) is 31.6 Å². The number of halogens is 4. The first-order chi connectivity index (χ1) is 10.8. The maximum atomic E-state index is 12.8. The Morgan fingerprint density at radius 1 is 1.46 bits per heavy atom. The molecular weight excluding hydrogens is 345 g/mol. The zero-order valence-electron chi connectivity index (χ0n) is 13.6. The van der Waals surface area contributed by atoms with E-state index in [1.165, 1.54) is 11.0 Å². The minimum Gasteiger partial charge on any atom is -0.378 e. The Balaban J connectivity index is 0.00000288. The molecule has 1 aliphatic heterocycles. The van der Waals surface area contributed by atoms with E-state index in [1.807, 2.05) is 0 Å². The standard InChI is InChI=1S/C16H21F3N2O2.ClH/c1-11(12-4-3-5-13(8-12)16(17,18)19)21(2)15(22)9-14-10-23-7-6-20-14;/h3-5,8,11,14,20H,6-7,9-10H2,1-2H3;1H.